The Balaban J connectivity index is 2.18. The van der Waals surface area contributed by atoms with Crippen molar-refractivity contribution in [1.82, 2.24) is 0 Å². The number of methoxy groups -OCH3 is 1. The van der Waals surface area contributed by atoms with Crippen LogP contribution in [0.5, 0.6) is 0 Å². The van der Waals surface area contributed by atoms with E-state index in [0.29, 0.717) is 0 Å². The predicted octanol–water partition coefficient (Wildman–Crippen LogP) is 2.59. The summed E-state index contributed by atoms with van der Waals surface area (Å²) in [5.74, 6) is 0.831. The second-order valence-electron chi connectivity index (χ2n) is 2.87. The molecule has 0 aromatic carbocycles. The van der Waals surface area contributed by atoms with E-state index < -0.39 is 0 Å². The van der Waals surface area contributed by atoms with Crippen LogP contribution in [0, 0.1) is 0 Å². The summed E-state index contributed by atoms with van der Waals surface area (Å²) in [6.07, 6.45) is 1.03. The molecule has 0 radical (unpaired) electrons. The number of esters is 1. The molecule has 0 saturated heterocycles. The lowest BCUT2D eigenvalue weighted by Crippen LogP contribution is -2.15. The molecule has 0 N–H and O–H groups in total. The average molecular weight is 230 g/mol. The number of rotatable bonds is 5. The molecular formula is C10H14O2S2. The van der Waals surface area contributed by atoms with Crippen molar-refractivity contribution in [3.63, 3.8) is 0 Å². The number of thioether (sulfide) groups is 1. The standard InChI is InChI=1S/C10H14O2S2/c1-8(10(11)12-2)13-7-5-9-4-3-6-14-9/h3-4,6,8H,5,7H2,1-2H3. The first-order valence-electron chi connectivity index (χ1n) is 4.46. The van der Waals surface area contributed by atoms with Gasteiger partial charge >= 0.3 is 5.97 Å². The molecule has 1 rings (SSSR count). The van der Waals surface area contributed by atoms with Gasteiger partial charge in [-0.2, -0.15) is 0 Å². The fourth-order valence-electron chi connectivity index (χ4n) is 1.03. The minimum atomic E-state index is -0.138. The maximum atomic E-state index is 11.1. The molecule has 0 aliphatic rings. The number of thiophene rings is 1. The number of hydrogen-bond acceptors (Lipinski definition) is 4. The zero-order chi connectivity index (χ0) is 10.4. The largest absolute Gasteiger partial charge is 0.468 e. The molecule has 1 unspecified atom stereocenters. The van der Waals surface area contributed by atoms with Crippen molar-refractivity contribution in [2.45, 2.75) is 18.6 Å². The number of ether oxygens (including phenoxy) is 1. The van der Waals surface area contributed by atoms with Gasteiger partial charge in [0.2, 0.25) is 0 Å². The van der Waals surface area contributed by atoms with E-state index >= 15 is 0 Å². The molecule has 1 atom stereocenters. The van der Waals surface area contributed by atoms with E-state index in [4.69, 9.17) is 0 Å². The summed E-state index contributed by atoms with van der Waals surface area (Å²) in [6, 6.07) is 4.17. The van der Waals surface area contributed by atoms with Gasteiger partial charge in [-0.3, -0.25) is 4.79 Å². The Labute approximate surface area is 92.7 Å². The van der Waals surface area contributed by atoms with Crippen LogP contribution in [0.3, 0.4) is 0 Å². The summed E-state index contributed by atoms with van der Waals surface area (Å²) in [4.78, 5) is 12.4. The molecule has 4 heteroatoms. The predicted molar refractivity (Wildman–Crippen MR) is 62.0 cm³/mol. The van der Waals surface area contributed by atoms with E-state index in [1.54, 1.807) is 23.1 Å². The number of hydrogen-bond donors (Lipinski definition) is 0. The minimum Gasteiger partial charge on any atom is -0.468 e. The van der Waals surface area contributed by atoms with Gasteiger partial charge in [-0.15, -0.1) is 23.1 Å². The van der Waals surface area contributed by atoms with Crippen molar-refractivity contribution in [1.29, 1.82) is 0 Å². The molecule has 1 aromatic rings. The molecular weight excluding hydrogens is 216 g/mol. The Morgan fingerprint density at radius 2 is 2.50 bits per heavy atom. The smallest absolute Gasteiger partial charge is 0.318 e. The van der Waals surface area contributed by atoms with E-state index in [1.165, 1.54) is 12.0 Å². The average Bonchev–Trinajstić information content (AvgIpc) is 2.69. The molecule has 0 saturated carbocycles. The summed E-state index contributed by atoms with van der Waals surface area (Å²) in [5.41, 5.74) is 0. The van der Waals surface area contributed by atoms with Crippen LogP contribution in [0.15, 0.2) is 17.5 Å². The van der Waals surface area contributed by atoms with Crippen LogP contribution in [-0.4, -0.2) is 24.1 Å². The molecule has 0 aliphatic carbocycles. The molecule has 1 aromatic heterocycles. The van der Waals surface area contributed by atoms with E-state index in [2.05, 4.69) is 22.2 Å². The van der Waals surface area contributed by atoms with E-state index in [-0.39, 0.29) is 11.2 Å². The number of carbonyl (C=O) groups excluding carboxylic acids is 1. The maximum absolute atomic E-state index is 11.1. The summed E-state index contributed by atoms with van der Waals surface area (Å²) in [5, 5.41) is 2.02. The number of aryl methyl sites for hydroxylation is 1. The van der Waals surface area contributed by atoms with Crippen molar-refractivity contribution in [2.24, 2.45) is 0 Å². The third-order valence-corrected chi connectivity index (χ3v) is 3.90. The highest BCUT2D eigenvalue weighted by molar-refractivity contribution is 8.00. The van der Waals surface area contributed by atoms with Crippen LogP contribution in [-0.2, 0) is 16.0 Å². The maximum Gasteiger partial charge on any atom is 0.318 e. The summed E-state index contributed by atoms with van der Waals surface area (Å²) in [6.45, 7) is 1.88. The van der Waals surface area contributed by atoms with Crippen LogP contribution in [0.1, 0.15) is 11.8 Å². The third-order valence-electron chi connectivity index (χ3n) is 1.83. The lowest BCUT2D eigenvalue weighted by atomic mass is 10.4. The van der Waals surface area contributed by atoms with Crippen molar-refractivity contribution in [2.75, 3.05) is 12.9 Å². The second kappa shape index (κ2) is 6.09. The summed E-state index contributed by atoms with van der Waals surface area (Å²) in [7, 11) is 1.43. The normalized spacial score (nSPS) is 12.4. The topological polar surface area (TPSA) is 26.3 Å². The van der Waals surface area contributed by atoms with Crippen molar-refractivity contribution in [3.8, 4) is 0 Å². The Morgan fingerprint density at radius 1 is 1.71 bits per heavy atom. The Morgan fingerprint density at radius 3 is 3.07 bits per heavy atom. The number of carbonyl (C=O) groups is 1. The first-order valence-corrected chi connectivity index (χ1v) is 6.38. The quantitative estimate of drug-likeness (QED) is 0.727. The SMILES string of the molecule is COC(=O)C(C)SCCc1cccs1. The highest BCUT2D eigenvalue weighted by Crippen LogP contribution is 2.16. The van der Waals surface area contributed by atoms with E-state index in [1.807, 2.05) is 6.92 Å². The van der Waals surface area contributed by atoms with E-state index in [9.17, 15) is 4.79 Å². The molecule has 0 spiro atoms. The fraction of sp³-hybridized carbons (Fsp3) is 0.500. The molecule has 78 valence electrons. The Hall–Kier alpha value is -0.480. The first kappa shape index (κ1) is 11.6. The van der Waals surface area contributed by atoms with Gasteiger partial charge in [0.15, 0.2) is 0 Å². The molecule has 0 fully saturated rings. The van der Waals surface area contributed by atoms with E-state index in [0.717, 1.165) is 12.2 Å². The van der Waals surface area contributed by atoms with Crippen LogP contribution in [0.4, 0.5) is 0 Å². The van der Waals surface area contributed by atoms with Gasteiger partial charge in [0.05, 0.1) is 12.4 Å². The third kappa shape index (κ3) is 3.72. The highest BCUT2D eigenvalue weighted by Gasteiger charge is 2.12. The minimum absolute atomic E-state index is 0.0556. The molecule has 2 nitrogen and oxygen atoms in total. The van der Waals surface area contributed by atoms with Gasteiger partial charge in [-0.25, -0.2) is 0 Å². The van der Waals surface area contributed by atoms with Gasteiger partial charge in [-0.05, 0) is 30.5 Å². The van der Waals surface area contributed by atoms with Gasteiger partial charge in [0, 0.05) is 4.88 Å². The van der Waals surface area contributed by atoms with Crippen LogP contribution < -0.4 is 0 Å². The highest BCUT2D eigenvalue weighted by atomic mass is 32.2. The molecule has 0 aliphatic heterocycles. The zero-order valence-electron chi connectivity index (χ0n) is 8.36. The molecule has 0 amide bonds. The zero-order valence-corrected chi connectivity index (χ0v) is 9.99. The first-order chi connectivity index (χ1) is 6.74. The Kier molecular flexibility index (Phi) is 5.04. The Bertz CT molecular complexity index is 270. The van der Waals surface area contributed by atoms with Crippen LogP contribution in [0.2, 0.25) is 0 Å². The molecule has 1 heterocycles. The van der Waals surface area contributed by atoms with Crippen molar-refractivity contribution < 1.29 is 9.53 Å². The summed E-state index contributed by atoms with van der Waals surface area (Å²) < 4.78 is 4.64. The fourth-order valence-corrected chi connectivity index (χ4v) is 2.79. The lowest BCUT2D eigenvalue weighted by Gasteiger charge is -2.07. The van der Waals surface area contributed by atoms with Gasteiger partial charge < -0.3 is 4.74 Å². The molecule has 14 heavy (non-hydrogen) atoms. The second-order valence-corrected chi connectivity index (χ2v) is 5.35. The van der Waals surface area contributed by atoms with Gasteiger partial charge in [0.25, 0.3) is 0 Å². The van der Waals surface area contributed by atoms with Gasteiger partial charge in [-0.1, -0.05) is 6.07 Å². The van der Waals surface area contributed by atoms with Crippen molar-refractivity contribution in [3.05, 3.63) is 22.4 Å². The van der Waals surface area contributed by atoms with Crippen molar-refractivity contribution >= 4 is 29.1 Å². The summed E-state index contributed by atoms with van der Waals surface area (Å²) >= 11 is 3.40. The van der Waals surface area contributed by atoms with Crippen LogP contribution >= 0.6 is 23.1 Å². The van der Waals surface area contributed by atoms with Crippen LogP contribution in [0.25, 0.3) is 0 Å². The van der Waals surface area contributed by atoms with Gasteiger partial charge in [0.1, 0.15) is 0 Å². The monoisotopic (exact) mass is 230 g/mol. The molecule has 0 bridgehead atoms. The lowest BCUT2D eigenvalue weighted by molar-refractivity contribution is -0.139.